The van der Waals surface area contributed by atoms with E-state index >= 15 is 0 Å². The molecule has 1 amide bonds. The average Bonchev–Trinajstić information content (AvgIpc) is 2.63. The number of hydrogen-bond donors (Lipinski definition) is 1. The van der Waals surface area contributed by atoms with Crippen molar-refractivity contribution < 1.29 is 4.79 Å². The number of unbranched alkanes of at least 4 members (excludes halogenated alkanes) is 1. The van der Waals surface area contributed by atoms with Crippen molar-refractivity contribution in [3.8, 4) is 0 Å². The molecule has 0 bridgehead atoms. The third kappa shape index (κ3) is 4.21. The van der Waals surface area contributed by atoms with Crippen molar-refractivity contribution in [2.24, 2.45) is 17.3 Å². The van der Waals surface area contributed by atoms with Gasteiger partial charge >= 0.3 is 0 Å². The lowest BCUT2D eigenvalue weighted by atomic mass is 9.81. The van der Waals surface area contributed by atoms with Gasteiger partial charge in [0, 0.05) is 6.54 Å². The van der Waals surface area contributed by atoms with Gasteiger partial charge in [0.15, 0.2) is 0 Å². The summed E-state index contributed by atoms with van der Waals surface area (Å²) in [7, 11) is 0. The lowest BCUT2D eigenvalue weighted by molar-refractivity contribution is -0.131. The highest BCUT2D eigenvalue weighted by molar-refractivity contribution is 5.84. The largest absolute Gasteiger partial charge is 0.325 e. The molecule has 0 spiro atoms. The monoisotopic (exact) mass is 282 g/mol. The average molecular weight is 282 g/mol. The van der Waals surface area contributed by atoms with Crippen molar-refractivity contribution in [1.82, 2.24) is 10.2 Å². The fraction of sp³-hybridized carbons (Fsp3) is 0.941. The van der Waals surface area contributed by atoms with E-state index in [1.807, 2.05) is 0 Å². The van der Waals surface area contributed by atoms with Crippen LogP contribution < -0.4 is 5.32 Å². The molecule has 118 valence electrons. The highest BCUT2D eigenvalue weighted by Gasteiger charge is 2.41. The smallest absolute Gasteiger partial charge is 0.241 e. The summed E-state index contributed by atoms with van der Waals surface area (Å²) in [4.78, 5) is 14.8. The molecule has 0 aromatic carbocycles. The number of nitrogens with one attached hydrogen (secondary N) is 1. The van der Waals surface area contributed by atoms with Gasteiger partial charge in [0.05, 0.1) is 12.2 Å². The summed E-state index contributed by atoms with van der Waals surface area (Å²) in [6.45, 7) is 16.5. The van der Waals surface area contributed by atoms with Crippen LogP contribution in [0.4, 0.5) is 0 Å². The van der Waals surface area contributed by atoms with Crippen LogP contribution in [0.1, 0.15) is 67.7 Å². The summed E-state index contributed by atoms with van der Waals surface area (Å²) in [6, 6.07) is 0.0366. The minimum absolute atomic E-state index is 0.0366. The fourth-order valence-corrected chi connectivity index (χ4v) is 2.64. The van der Waals surface area contributed by atoms with Gasteiger partial charge in [-0.25, -0.2) is 0 Å². The molecule has 1 heterocycles. The normalized spacial score (nSPS) is 25.6. The number of carbonyl (C=O) groups is 1. The Bertz CT molecular complexity index is 319. The van der Waals surface area contributed by atoms with E-state index in [4.69, 9.17) is 0 Å². The zero-order chi connectivity index (χ0) is 15.5. The summed E-state index contributed by atoms with van der Waals surface area (Å²) in [6.07, 6.45) is 3.45. The summed E-state index contributed by atoms with van der Waals surface area (Å²) in [5.41, 5.74) is 0.239. The van der Waals surface area contributed by atoms with Crippen LogP contribution in [0.2, 0.25) is 0 Å². The molecule has 3 nitrogen and oxygen atoms in total. The zero-order valence-corrected chi connectivity index (χ0v) is 14.5. The second-order valence-corrected chi connectivity index (χ2v) is 7.81. The molecule has 0 aliphatic carbocycles. The SMILES string of the molecule is CCCCC1NC(C(C)C)N(CC(C)C(C)(C)C)C1=O. The Kier molecular flexibility index (Phi) is 6.06. The van der Waals surface area contributed by atoms with Crippen LogP contribution in [0.25, 0.3) is 0 Å². The molecule has 1 aliphatic heterocycles. The molecule has 1 N–H and O–H groups in total. The highest BCUT2D eigenvalue weighted by Crippen LogP contribution is 2.29. The first-order valence-corrected chi connectivity index (χ1v) is 8.25. The molecule has 3 unspecified atom stereocenters. The van der Waals surface area contributed by atoms with Gasteiger partial charge in [0.2, 0.25) is 5.91 Å². The molecule has 0 aromatic heterocycles. The summed E-state index contributed by atoms with van der Waals surface area (Å²) < 4.78 is 0. The predicted molar refractivity (Wildman–Crippen MR) is 85.4 cm³/mol. The lowest BCUT2D eigenvalue weighted by Crippen LogP contribution is -2.45. The number of nitrogens with zero attached hydrogens (tertiary/aromatic N) is 1. The standard InChI is InChI=1S/C17H34N2O/c1-8-9-10-14-16(20)19(15(18-14)12(2)3)11-13(4)17(5,6)7/h12-15,18H,8-11H2,1-7H3. The topological polar surface area (TPSA) is 32.3 Å². The van der Waals surface area contributed by atoms with E-state index in [1.165, 1.54) is 0 Å². The summed E-state index contributed by atoms with van der Waals surface area (Å²) in [5.74, 6) is 1.27. The van der Waals surface area contributed by atoms with Gasteiger partial charge in [-0.15, -0.1) is 0 Å². The molecule has 1 rings (SSSR count). The van der Waals surface area contributed by atoms with Gasteiger partial charge in [-0.05, 0) is 23.7 Å². The van der Waals surface area contributed by atoms with Crippen LogP contribution in [0.15, 0.2) is 0 Å². The third-order valence-corrected chi connectivity index (χ3v) is 4.72. The Morgan fingerprint density at radius 3 is 2.30 bits per heavy atom. The molecule has 3 atom stereocenters. The Hall–Kier alpha value is -0.570. The van der Waals surface area contributed by atoms with Crippen LogP contribution >= 0.6 is 0 Å². The number of hydrogen-bond acceptors (Lipinski definition) is 2. The lowest BCUT2D eigenvalue weighted by Gasteiger charge is -2.35. The molecular formula is C17H34N2O. The molecule has 1 fully saturated rings. The van der Waals surface area contributed by atoms with E-state index in [0.29, 0.717) is 17.7 Å². The number of rotatable bonds is 6. The molecule has 1 saturated heterocycles. The Labute approximate surface area is 125 Å². The van der Waals surface area contributed by atoms with Crippen LogP contribution in [0.3, 0.4) is 0 Å². The molecule has 3 heteroatoms. The van der Waals surface area contributed by atoms with Crippen molar-refractivity contribution in [2.45, 2.75) is 79.9 Å². The molecular weight excluding hydrogens is 248 g/mol. The Balaban J connectivity index is 2.77. The van der Waals surface area contributed by atoms with Crippen molar-refractivity contribution in [2.75, 3.05) is 6.54 Å². The second-order valence-electron chi connectivity index (χ2n) is 7.81. The summed E-state index contributed by atoms with van der Waals surface area (Å²) >= 11 is 0. The van der Waals surface area contributed by atoms with Crippen molar-refractivity contribution >= 4 is 5.91 Å². The molecule has 0 radical (unpaired) electrons. The van der Waals surface area contributed by atoms with Gasteiger partial charge in [0.25, 0.3) is 0 Å². The molecule has 0 aromatic rings. The van der Waals surface area contributed by atoms with Crippen LogP contribution in [-0.4, -0.2) is 29.6 Å². The predicted octanol–water partition coefficient (Wildman–Crippen LogP) is 3.64. The van der Waals surface area contributed by atoms with Gasteiger partial charge < -0.3 is 4.90 Å². The first kappa shape index (κ1) is 17.5. The highest BCUT2D eigenvalue weighted by atomic mass is 16.2. The van der Waals surface area contributed by atoms with Gasteiger partial charge in [-0.1, -0.05) is 61.3 Å². The van der Waals surface area contributed by atoms with Crippen LogP contribution in [0.5, 0.6) is 0 Å². The maximum Gasteiger partial charge on any atom is 0.241 e. The minimum Gasteiger partial charge on any atom is -0.325 e. The zero-order valence-electron chi connectivity index (χ0n) is 14.5. The van der Waals surface area contributed by atoms with Gasteiger partial charge in [-0.3, -0.25) is 10.1 Å². The van der Waals surface area contributed by atoms with Crippen LogP contribution in [-0.2, 0) is 4.79 Å². The molecule has 0 saturated carbocycles. The van der Waals surface area contributed by atoms with E-state index in [0.717, 1.165) is 25.8 Å². The third-order valence-electron chi connectivity index (χ3n) is 4.72. The molecule has 1 aliphatic rings. The first-order chi connectivity index (χ1) is 9.18. The van der Waals surface area contributed by atoms with E-state index in [-0.39, 0.29) is 17.6 Å². The first-order valence-electron chi connectivity index (χ1n) is 8.25. The van der Waals surface area contributed by atoms with E-state index in [1.54, 1.807) is 0 Å². The van der Waals surface area contributed by atoms with Crippen molar-refractivity contribution in [3.63, 3.8) is 0 Å². The van der Waals surface area contributed by atoms with Crippen molar-refractivity contribution in [3.05, 3.63) is 0 Å². The van der Waals surface area contributed by atoms with E-state index in [2.05, 4.69) is 58.7 Å². The number of amides is 1. The van der Waals surface area contributed by atoms with Crippen molar-refractivity contribution in [1.29, 1.82) is 0 Å². The van der Waals surface area contributed by atoms with Gasteiger partial charge in [-0.2, -0.15) is 0 Å². The quantitative estimate of drug-likeness (QED) is 0.806. The second kappa shape index (κ2) is 6.93. The Morgan fingerprint density at radius 2 is 1.85 bits per heavy atom. The molecule has 20 heavy (non-hydrogen) atoms. The number of carbonyl (C=O) groups excluding carboxylic acids is 1. The van der Waals surface area contributed by atoms with E-state index in [9.17, 15) is 4.79 Å². The fourth-order valence-electron chi connectivity index (χ4n) is 2.64. The van der Waals surface area contributed by atoms with E-state index < -0.39 is 0 Å². The maximum absolute atomic E-state index is 12.7. The summed E-state index contributed by atoms with van der Waals surface area (Å²) in [5, 5.41) is 3.56. The maximum atomic E-state index is 12.7. The Morgan fingerprint density at radius 1 is 1.25 bits per heavy atom. The van der Waals surface area contributed by atoms with Gasteiger partial charge in [0.1, 0.15) is 0 Å². The minimum atomic E-state index is 0.0366. The van der Waals surface area contributed by atoms with Crippen LogP contribution in [0, 0.1) is 17.3 Å².